The molecule has 0 radical (unpaired) electrons. The molecule has 0 unspecified atom stereocenters. The maximum atomic E-state index is 5.08. The Hall–Kier alpha value is -1.85. The Bertz CT molecular complexity index is 441. The SMILES string of the molecule is C=CCCCCCN(C)C(=NC)NCCc1nc(C)no1. The molecule has 0 saturated heterocycles. The first-order valence-electron chi connectivity index (χ1n) is 7.49. The summed E-state index contributed by atoms with van der Waals surface area (Å²) in [5, 5.41) is 7.08. The van der Waals surface area contributed by atoms with Crippen LogP contribution in [0, 0.1) is 6.92 Å². The number of allylic oxidation sites excluding steroid dienone is 1. The van der Waals surface area contributed by atoms with E-state index in [1.54, 1.807) is 7.05 Å². The Morgan fingerprint density at radius 3 is 2.86 bits per heavy atom. The Balaban J connectivity index is 2.22. The summed E-state index contributed by atoms with van der Waals surface area (Å²) in [6.07, 6.45) is 7.36. The second-order valence-electron chi connectivity index (χ2n) is 5.02. The molecule has 1 rings (SSSR count). The van der Waals surface area contributed by atoms with Gasteiger partial charge in [-0.25, -0.2) is 0 Å². The van der Waals surface area contributed by atoms with Crippen LogP contribution in [0.1, 0.15) is 37.4 Å². The van der Waals surface area contributed by atoms with E-state index in [4.69, 9.17) is 4.52 Å². The quantitative estimate of drug-likeness (QED) is 0.327. The van der Waals surface area contributed by atoms with Gasteiger partial charge < -0.3 is 14.7 Å². The molecule has 0 saturated carbocycles. The first kappa shape index (κ1) is 17.2. The fourth-order valence-electron chi connectivity index (χ4n) is 2.03. The highest BCUT2D eigenvalue weighted by Gasteiger charge is 2.06. The van der Waals surface area contributed by atoms with E-state index < -0.39 is 0 Å². The van der Waals surface area contributed by atoms with Crippen molar-refractivity contribution in [1.29, 1.82) is 0 Å². The van der Waals surface area contributed by atoms with Crippen LogP contribution in [0.25, 0.3) is 0 Å². The third-order valence-corrected chi connectivity index (χ3v) is 3.17. The van der Waals surface area contributed by atoms with Crippen molar-refractivity contribution in [2.24, 2.45) is 4.99 Å². The molecule has 0 aliphatic rings. The third kappa shape index (κ3) is 6.92. The highest BCUT2D eigenvalue weighted by molar-refractivity contribution is 5.79. The van der Waals surface area contributed by atoms with Gasteiger partial charge in [-0.2, -0.15) is 4.98 Å². The Morgan fingerprint density at radius 2 is 2.24 bits per heavy atom. The van der Waals surface area contributed by atoms with Gasteiger partial charge in [0.1, 0.15) is 0 Å². The molecule has 21 heavy (non-hydrogen) atoms. The van der Waals surface area contributed by atoms with Crippen molar-refractivity contribution in [3.05, 3.63) is 24.4 Å². The van der Waals surface area contributed by atoms with Gasteiger partial charge in [-0.1, -0.05) is 17.7 Å². The monoisotopic (exact) mass is 293 g/mol. The summed E-state index contributed by atoms with van der Waals surface area (Å²) in [6.45, 7) is 7.29. The molecule has 1 aromatic rings. The molecule has 0 aliphatic heterocycles. The molecular weight excluding hydrogens is 266 g/mol. The number of nitrogens with one attached hydrogen (secondary N) is 1. The molecule has 0 spiro atoms. The minimum Gasteiger partial charge on any atom is -0.356 e. The summed E-state index contributed by atoms with van der Waals surface area (Å²) >= 11 is 0. The van der Waals surface area contributed by atoms with Crippen molar-refractivity contribution < 1.29 is 4.52 Å². The Kier molecular flexibility index (Phi) is 8.16. The van der Waals surface area contributed by atoms with Crippen molar-refractivity contribution in [2.45, 2.75) is 39.0 Å². The van der Waals surface area contributed by atoms with Crippen LogP contribution < -0.4 is 5.32 Å². The van der Waals surface area contributed by atoms with E-state index in [2.05, 4.69) is 39.0 Å². The lowest BCUT2D eigenvalue weighted by Gasteiger charge is -2.21. The third-order valence-electron chi connectivity index (χ3n) is 3.17. The predicted octanol–water partition coefficient (Wildman–Crippen LogP) is 2.17. The number of rotatable bonds is 9. The van der Waals surface area contributed by atoms with E-state index in [1.807, 2.05) is 13.0 Å². The maximum Gasteiger partial charge on any atom is 0.228 e. The molecule has 6 nitrogen and oxygen atoms in total. The van der Waals surface area contributed by atoms with Gasteiger partial charge in [-0.15, -0.1) is 6.58 Å². The highest BCUT2D eigenvalue weighted by Crippen LogP contribution is 2.02. The smallest absolute Gasteiger partial charge is 0.228 e. The molecule has 0 aliphatic carbocycles. The molecule has 0 amide bonds. The van der Waals surface area contributed by atoms with Gasteiger partial charge in [0.05, 0.1) is 0 Å². The molecule has 1 heterocycles. The number of hydrogen-bond donors (Lipinski definition) is 1. The van der Waals surface area contributed by atoms with Gasteiger partial charge in [0.25, 0.3) is 0 Å². The zero-order valence-corrected chi connectivity index (χ0v) is 13.4. The standard InChI is InChI=1S/C15H27N5O/c1-5-6-7-8-9-12-20(4)15(16-3)17-11-10-14-18-13(2)19-21-14/h5H,1,6-12H2,2-4H3,(H,16,17). The number of nitrogens with zero attached hydrogens (tertiary/aromatic N) is 4. The molecule has 0 atom stereocenters. The second-order valence-corrected chi connectivity index (χ2v) is 5.02. The number of aryl methyl sites for hydroxylation is 1. The summed E-state index contributed by atoms with van der Waals surface area (Å²) in [6, 6.07) is 0. The summed E-state index contributed by atoms with van der Waals surface area (Å²) in [4.78, 5) is 10.6. The van der Waals surface area contributed by atoms with Crippen LogP contribution >= 0.6 is 0 Å². The van der Waals surface area contributed by atoms with Crippen molar-refractivity contribution >= 4 is 5.96 Å². The lowest BCUT2D eigenvalue weighted by atomic mass is 10.2. The van der Waals surface area contributed by atoms with Crippen LogP contribution in [-0.2, 0) is 6.42 Å². The molecular formula is C15H27N5O. The zero-order chi connectivity index (χ0) is 15.5. The predicted molar refractivity (Wildman–Crippen MR) is 85.4 cm³/mol. The van der Waals surface area contributed by atoms with Crippen LogP contribution in [-0.4, -0.2) is 48.2 Å². The summed E-state index contributed by atoms with van der Waals surface area (Å²) < 4.78 is 5.08. The van der Waals surface area contributed by atoms with E-state index in [1.165, 1.54) is 12.8 Å². The van der Waals surface area contributed by atoms with E-state index in [0.717, 1.165) is 31.9 Å². The van der Waals surface area contributed by atoms with Crippen molar-refractivity contribution in [2.75, 3.05) is 27.2 Å². The molecule has 6 heteroatoms. The number of aromatic nitrogens is 2. The Morgan fingerprint density at radius 1 is 1.43 bits per heavy atom. The lowest BCUT2D eigenvalue weighted by Crippen LogP contribution is -2.40. The second kappa shape index (κ2) is 9.96. The van der Waals surface area contributed by atoms with Gasteiger partial charge in [-0.05, 0) is 26.2 Å². The van der Waals surface area contributed by atoms with Crippen LogP contribution in [0.5, 0.6) is 0 Å². The molecule has 1 aromatic heterocycles. The summed E-state index contributed by atoms with van der Waals surface area (Å²) in [7, 11) is 3.85. The van der Waals surface area contributed by atoms with Gasteiger partial charge in [0.15, 0.2) is 11.8 Å². The summed E-state index contributed by atoms with van der Waals surface area (Å²) in [5.74, 6) is 2.23. The topological polar surface area (TPSA) is 66.5 Å². The van der Waals surface area contributed by atoms with E-state index >= 15 is 0 Å². The van der Waals surface area contributed by atoms with Gasteiger partial charge in [0, 0.05) is 33.6 Å². The lowest BCUT2D eigenvalue weighted by molar-refractivity contribution is 0.373. The van der Waals surface area contributed by atoms with Crippen molar-refractivity contribution in [1.82, 2.24) is 20.4 Å². The number of unbranched alkanes of at least 4 members (excludes halogenated alkanes) is 3. The van der Waals surface area contributed by atoms with E-state index in [-0.39, 0.29) is 0 Å². The van der Waals surface area contributed by atoms with E-state index in [0.29, 0.717) is 18.1 Å². The average molecular weight is 293 g/mol. The summed E-state index contributed by atoms with van der Waals surface area (Å²) in [5.41, 5.74) is 0. The fraction of sp³-hybridized carbons (Fsp3) is 0.667. The Labute approximate surface area is 127 Å². The van der Waals surface area contributed by atoms with Crippen molar-refractivity contribution in [3.8, 4) is 0 Å². The minimum absolute atomic E-state index is 0.655. The van der Waals surface area contributed by atoms with Crippen molar-refractivity contribution in [3.63, 3.8) is 0 Å². The molecule has 1 N–H and O–H groups in total. The minimum atomic E-state index is 0.655. The van der Waals surface area contributed by atoms with Gasteiger partial charge in [0.2, 0.25) is 5.89 Å². The van der Waals surface area contributed by atoms with Crippen LogP contribution in [0.2, 0.25) is 0 Å². The highest BCUT2D eigenvalue weighted by atomic mass is 16.5. The first-order valence-corrected chi connectivity index (χ1v) is 7.49. The van der Waals surface area contributed by atoms with Crippen LogP contribution in [0.15, 0.2) is 22.2 Å². The largest absolute Gasteiger partial charge is 0.356 e. The molecule has 118 valence electrons. The normalized spacial score (nSPS) is 11.5. The number of aliphatic imine (C=N–C) groups is 1. The molecule has 0 aromatic carbocycles. The van der Waals surface area contributed by atoms with Gasteiger partial charge >= 0.3 is 0 Å². The zero-order valence-electron chi connectivity index (χ0n) is 13.4. The number of guanidine groups is 1. The first-order chi connectivity index (χ1) is 10.2. The maximum absolute atomic E-state index is 5.08. The molecule has 0 bridgehead atoms. The van der Waals surface area contributed by atoms with Crippen LogP contribution in [0.3, 0.4) is 0 Å². The van der Waals surface area contributed by atoms with E-state index in [9.17, 15) is 0 Å². The molecule has 0 fully saturated rings. The number of hydrogen-bond acceptors (Lipinski definition) is 4. The average Bonchev–Trinajstić information content (AvgIpc) is 2.88. The van der Waals surface area contributed by atoms with Crippen LogP contribution in [0.4, 0.5) is 0 Å². The van der Waals surface area contributed by atoms with Gasteiger partial charge in [-0.3, -0.25) is 4.99 Å². The fourth-order valence-corrected chi connectivity index (χ4v) is 2.03.